The number of nitrogens with zero attached hydrogens (tertiary/aromatic N) is 1. The number of sulfonamides is 1. The number of hydrogen-bond donors (Lipinski definition) is 1. The van der Waals surface area contributed by atoms with Crippen molar-refractivity contribution in [3.05, 3.63) is 17.0 Å². The number of rotatable bonds is 8. The Morgan fingerprint density at radius 3 is 2.58 bits per heavy atom. The molecule has 6 heteroatoms. The third-order valence-corrected chi connectivity index (χ3v) is 6.20. The fourth-order valence-corrected chi connectivity index (χ4v) is 4.63. The van der Waals surface area contributed by atoms with Crippen LogP contribution in [-0.2, 0) is 16.6 Å². The van der Waals surface area contributed by atoms with Gasteiger partial charge in [-0.15, -0.1) is 11.3 Å². The largest absolute Gasteiger partial charge is 0.310 e. The zero-order valence-electron chi connectivity index (χ0n) is 12.1. The zero-order chi connectivity index (χ0) is 14.5. The molecule has 0 saturated carbocycles. The molecule has 1 heterocycles. The summed E-state index contributed by atoms with van der Waals surface area (Å²) >= 11 is 1.31. The van der Waals surface area contributed by atoms with Gasteiger partial charge >= 0.3 is 0 Å². The highest BCUT2D eigenvalue weighted by molar-refractivity contribution is 7.91. The lowest BCUT2D eigenvalue weighted by atomic mass is 10.3. The first-order chi connectivity index (χ1) is 8.91. The molecule has 0 unspecified atom stereocenters. The van der Waals surface area contributed by atoms with Crippen LogP contribution in [0.3, 0.4) is 0 Å². The van der Waals surface area contributed by atoms with Crippen molar-refractivity contribution in [2.24, 2.45) is 0 Å². The molecule has 110 valence electrons. The van der Waals surface area contributed by atoms with Gasteiger partial charge < -0.3 is 5.32 Å². The molecule has 0 spiro atoms. The standard InChI is InChI=1S/C13H24N2O2S2/c1-5-7-15(6-2)19(16,17)13-8-12(10-18-13)9-14-11(3)4/h8,10-11,14H,5-7,9H2,1-4H3. The van der Waals surface area contributed by atoms with Gasteiger partial charge in [-0.1, -0.05) is 27.7 Å². The van der Waals surface area contributed by atoms with E-state index in [1.165, 1.54) is 11.3 Å². The van der Waals surface area contributed by atoms with Crippen LogP contribution in [0.5, 0.6) is 0 Å². The molecule has 0 aromatic carbocycles. The minimum Gasteiger partial charge on any atom is -0.310 e. The average Bonchev–Trinajstić information content (AvgIpc) is 2.82. The summed E-state index contributed by atoms with van der Waals surface area (Å²) in [5.74, 6) is 0. The van der Waals surface area contributed by atoms with E-state index in [-0.39, 0.29) is 0 Å². The molecule has 1 aromatic heterocycles. The van der Waals surface area contributed by atoms with Gasteiger partial charge in [-0.05, 0) is 23.4 Å². The van der Waals surface area contributed by atoms with Crippen molar-refractivity contribution < 1.29 is 8.42 Å². The van der Waals surface area contributed by atoms with Crippen molar-refractivity contribution in [2.75, 3.05) is 13.1 Å². The Morgan fingerprint density at radius 1 is 1.37 bits per heavy atom. The van der Waals surface area contributed by atoms with Gasteiger partial charge in [0.05, 0.1) is 0 Å². The van der Waals surface area contributed by atoms with E-state index < -0.39 is 10.0 Å². The highest BCUT2D eigenvalue weighted by Gasteiger charge is 2.23. The van der Waals surface area contributed by atoms with Gasteiger partial charge in [0.25, 0.3) is 10.0 Å². The van der Waals surface area contributed by atoms with Crippen molar-refractivity contribution in [3.8, 4) is 0 Å². The molecule has 0 saturated heterocycles. The van der Waals surface area contributed by atoms with E-state index in [9.17, 15) is 8.42 Å². The van der Waals surface area contributed by atoms with E-state index in [1.807, 2.05) is 19.2 Å². The lowest BCUT2D eigenvalue weighted by molar-refractivity contribution is 0.428. The number of thiophene rings is 1. The summed E-state index contributed by atoms with van der Waals surface area (Å²) in [5, 5.41) is 5.21. The maximum atomic E-state index is 12.4. The fraction of sp³-hybridized carbons (Fsp3) is 0.692. The van der Waals surface area contributed by atoms with Crippen molar-refractivity contribution in [1.29, 1.82) is 0 Å². The van der Waals surface area contributed by atoms with Gasteiger partial charge in [-0.25, -0.2) is 8.42 Å². The number of nitrogens with one attached hydrogen (secondary N) is 1. The van der Waals surface area contributed by atoms with Crippen LogP contribution in [-0.4, -0.2) is 31.9 Å². The predicted molar refractivity (Wildman–Crippen MR) is 81.0 cm³/mol. The summed E-state index contributed by atoms with van der Waals surface area (Å²) in [6.07, 6.45) is 0.834. The molecule has 1 rings (SSSR count). The summed E-state index contributed by atoms with van der Waals surface area (Å²) in [5.41, 5.74) is 1.03. The third-order valence-electron chi connectivity index (χ3n) is 2.76. The summed E-state index contributed by atoms with van der Waals surface area (Å²) in [7, 11) is -3.31. The van der Waals surface area contributed by atoms with E-state index in [0.717, 1.165) is 12.0 Å². The third kappa shape index (κ3) is 4.56. The van der Waals surface area contributed by atoms with Gasteiger partial charge in [0.2, 0.25) is 0 Å². The van der Waals surface area contributed by atoms with Crippen molar-refractivity contribution in [3.63, 3.8) is 0 Å². The summed E-state index contributed by atoms with van der Waals surface area (Å²) < 4.78 is 26.8. The van der Waals surface area contributed by atoms with Crippen LogP contribution in [0.2, 0.25) is 0 Å². The summed E-state index contributed by atoms with van der Waals surface area (Å²) in [6.45, 7) is 9.83. The Labute approximate surface area is 120 Å². The highest BCUT2D eigenvalue weighted by atomic mass is 32.2. The Bertz CT molecular complexity index is 481. The number of hydrogen-bond acceptors (Lipinski definition) is 4. The molecule has 0 atom stereocenters. The SMILES string of the molecule is CCCN(CC)S(=O)(=O)c1cc(CNC(C)C)cs1. The van der Waals surface area contributed by atoms with E-state index in [4.69, 9.17) is 0 Å². The predicted octanol–water partition coefficient (Wildman–Crippen LogP) is 2.67. The topological polar surface area (TPSA) is 49.4 Å². The molecule has 1 aromatic rings. The van der Waals surface area contributed by atoms with E-state index in [0.29, 0.717) is 29.9 Å². The fourth-order valence-electron chi connectivity index (χ4n) is 1.73. The molecular formula is C13H24N2O2S2. The van der Waals surface area contributed by atoms with E-state index in [1.54, 1.807) is 10.4 Å². The highest BCUT2D eigenvalue weighted by Crippen LogP contribution is 2.24. The molecular weight excluding hydrogens is 280 g/mol. The van der Waals surface area contributed by atoms with E-state index >= 15 is 0 Å². The normalized spacial score (nSPS) is 12.5. The Hall–Kier alpha value is -0.430. The summed E-state index contributed by atoms with van der Waals surface area (Å²) in [6, 6.07) is 2.18. The Balaban J connectivity index is 2.84. The van der Waals surface area contributed by atoms with Crippen molar-refractivity contribution >= 4 is 21.4 Å². The second-order valence-corrected chi connectivity index (χ2v) is 7.88. The van der Waals surface area contributed by atoms with Gasteiger partial charge in [-0.2, -0.15) is 4.31 Å². The van der Waals surface area contributed by atoms with Gasteiger partial charge in [-0.3, -0.25) is 0 Å². The van der Waals surface area contributed by atoms with E-state index in [2.05, 4.69) is 19.2 Å². The molecule has 0 radical (unpaired) electrons. The molecule has 0 aliphatic carbocycles. The Morgan fingerprint density at radius 2 is 2.05 bits per heavy atom. The first-order valence-electron chi connectivity index (χ1n) is 6.72. The van der Waals surface area contributed by atoms with Gasteiger partial charge in [0.15, 0.2) is 0 Å². The van der Waals surface area contributed by atoms with Crippen molar-refractivity contribution in [1.82, 2.24) is 9.62 Å². The molecule has 19 heavy (non-hydrogen) atoms. The molecule has 4 nitrogen and oxygen atoms in total. The molecule has 0 bridgehead atoms. The van der Waals surface area contributed by atoms with Gasteiger partial charge in [0, 0.05) is 25.7 Å². The lowest BCUT2D eigenvalue weighted by Gasteiger charge is -2.18. The molecule has 0 amide bonds. The minimum atomic E-state index is -3.31. The quantitative estimate of drug-likeness (QED) is 0.803. The first-order valence-corrected chi connectivity index (χ1v) is 9.04. The first kappa shape index (κ1) is 16.6. The maximum absolute atomic E-state index is 12.4. The lowest BCUT2D eigenvalue weighted by Crippen LogP contribution is -2.31. The second-order valence-electron chi connectivity index (χ2n) is 4.81. The minimum absolute atomic E-state index is 0.396. The van der Waals surface area contributed by atoms with Crippen LogP contribution < -0.4 is 5.32 Å². The van der Waals surface area contributed by atoms with Crippen LogP contribution in [0.1, 0.15) is 39.7 Å². The Kier molecular flexibility index (Phi) is 6.46. The molecule has 1 N–H and O–H groups in total. The molecule has 0 aliphatic rings. The van der Waals surface area contributed by atoms with Gasteiger partial charge in [0.1, 0.15) is 4.21 Å². The average molecular weight is 304 g/mol. The van der Waals surface area contributed by atoms with Crippen LogP contribution in [0.4, 0.5) is 0 Å². The van der Waals surface area contributed by atoms with Crippen molar-refractivity contribution in [2.45, 2.75) is 50.9 Å². The monoisotopic (exact) mass is 304 g/mol. The van der Waals surface area contributed by atoms with Crippen LogP contribution in [0.15, 0.2) is 15.7 Å². The summed E-state index contributed by atoms with van der Waals surface area (Å²) in [4.78, 5) is 0. The van der Waals surface area contributed by atoms with Crippen LogP contribution in [0, 0.1) is 0 Å². The van der Waals surface area contributed by atoms with Crippen LogP contribution >= 0.6 is 11.3 Å². The second kappa shape index (κ2) is 7.38. The zero-order valence-corrected chi connectivity index (χ0v) is 13.8. The molecule has 0 aliphatic heterocycles. The maximum Gasteiger partial charge on any atom is 0.252 e. The molecule has 0 fully saturated rings. The van der Waals surface area contributed by atoms with Crippen LogP contribution in [0.25, 0.3) is 0 Å². The smallest absolute Gasteiger partial charge is 0.252 e.